The average molecular weight is 743 g/mol. The topological polar surface area (TPSA) is 60.9 Å². The zero-order valence-corrected chi connectivity index (χ0v) is 31.3. The van der Waals surface area contributed by atoms with Gasteiger partial charge in [-0.25, -0.2) is 19.9 Å². The van der Waals surface area contributed by atoms with Gasteiger partial charge in [-0.2, -0.15) is 0 Å². The van der Waals surface area contributed by atoms with Crippen molar-refractivity contribution < 1.29 is 0 Å². The van der Waals surface area contributed by atoms with Crippen molar-refractivity contribution in [3.8, 4) is 73.4 Å². The van der Waals surface area contributed by atoms with Gasteiger partial charge in [0.1, 0.15) is 22.8 Å². The zero-order valence-electron chi connectivity index (χ0n) is 31.3. The standard InChI is InChI=1S/C52H34N6/c1-5-16-36(17-6-1)43-32-33-53-52-46(43)54-49(57(52)42-24-11-4-12-25-42)39-30-28-35(29-31-39)40-22-15-23-41(34-40)50-55-48(38-20-9-3-10-21-38)56-51-45-27-14-13-26-44(45)47(58(50)51)37-18-7-2-8-19-37/h1-34H. The summed E-state index contributed by atoms with van der Waals surface area (Å²) in [4.78, 5) is 20.7. The van der Waals surface area contributed by atoms with Crippen molar-refractivity contribution in [1.82, 2.24) is 28.9 Å². The molecule has 0 fully saturated rings. The minimum Gasteiger partial charge on any atom is -0.277 e. The van der Waals surface area contributed by atoms with Crippen LogP contribution in [0.25, 0.3) is 101 Å². The zero-order chi connectivity index (χ0) is 38.4. The molecule has 0 spiro atoms. The summed E-state index contributed by atoms with van der Waals surface area (Å²) in [7, 11) is 0. The Hall–Kier alpha value is -7.96. The predicted molar refractivity (Wildman–Crippen MR) is 236 cm³/mol. The number of rotatable bonds is 7. The van der Waals surface area contributed by atoms with Gasteiger partial charge in [-0.1, -0.05) is 176 Å². The van der Waals surface area contributed by atoms with Gasteiger partial charge < -0.3 is 0 Å². The molecular formula is C52H34N6. The van der Waals surface area contributed by atoms with Gasteiger partial charge >= 0.3 is 0 Å². The van der Waals surface area contributed by atoms with Crippen molar-refractivity contribution in [2.45, 2.75) is 0 Å². The molecule has 58 heavy (non-hydrogen) atoms. The first-order valence-electron chi connectivity index (χ1n) is 19.4. The molecular weight excluding hydrogens is 709 g/mol. The maximum Gasteiger partial charge on any atom is 0.165 e. The maximum absolute atomic E-state index is 5.33. The highest BCUT2D eigenvalue weighted by Crippen LogP contribution is 2.39. The van der Waals surface area contributed by atoms with E-state index in [-0.39, 0.29) is 0 Å². The first-order chi connectivity index (χ1) is 28.8. The van der Waals surface area contributed by atoms with Crippen LogP contribution in [0.4, 0.5) is 0 Å². The molecule has 0 N–H and O–H groups in total. The second-order valence-corrected chi connectivity index (χ2v) is 14.3. The minimum atomic E-state index is 0.687. The first kappa shape index (κ1) is 33.4. The molecule has 6 heteroatoms. The monoisotopic (exact) mass is 742 g/mol. The van der Waals surface area contributed by atoms with Crippen molar-refractivity contribution in [2.24, 2.45) is 0 Å². The van der Waals surface area contributed by atoms with Gasteiger partial charge in [0.15, 0.2) is 11.5 Å². The second kappa shape index (κ2) is 14.0. The highest BCUT2D eigenvalue weighted by Gasteiger charge is 2.22. The summed E-state index contributed by atoms with van der Waals surface area (Å²) in [6, 6.07) is 69.4. The SMILES string of the molecule is c1ccc(-c2nc(-c3cccc(-c4ccc(-c5nc6c(-c7ccccc7)ccnc6n5-c5ccccc5)cc4)c3)n3c(-c4ccccc4)c4ccccc4c3n2)cc1. The molecule has 7 aromatic carbocycles. The lowest BCUT2D eigenvalue weighted by atomic mass is 10.0. The third kappa shape index (κ3) is 5.66. The molecule has 0 amide bonds. The van der Waals surface area contributed by atoms with E-state index in [2.05, 4.69) is 173 Å². The highest BCUT2D eigenvalue weighted by atomic mass is 15.1. The van der Waals surface area contributed by atoms with E-state index in [1.165, 1.54) is 0 Å². The van der Waals surface area contributed by atoms with Crippen LogP contribution in [0.5, 0.6) is 0 Å². The lowest BCUT2D eigenvalue weighted by Gasteiger charge is -2.13. The molecule has 0 saturated carbocycles. The lowest BCUT2D eigenvalue weighted by molar-refractivity contribution is 1.05. The van der Waals surface area contributed by atoms with Gasteiger partial charge in [0.25, 0.3) is 0 Å². The van der Waals surface area contributed by atoms with Crippen LogP contribution >= 0.6 is 0 Å². The Morgan fingerprint density at radius 1 is 0.362 bits per heavy atom. The predicted octanol–water partition coefficient (Wildman–Crippen LogP) is 12.6. The number of para-hydroxylation sites is 1. The number of imidazole rings is 1. The van der Waals surface area contributed by atoms with Crippen molar-refractivity contribution in [1.29, 1.82) is 0 Å². The molecule has 11 aromatic rings. The number of nitrogens with zero attached hydrogens (tertiary/aromatic N) is 6. The van der Waals surface area contributed by atoms with Crippen molar-refractivity contribution in [3.63, 3.8) is 0 Å². The van der Waals surface area contributed by atoms with Gasteiger partial charge in [-0.15, -0.1) is 0 Å². The van der Waals surface area contributed by atoms with Crippen molar-refractivity contribution >= 4 is 27.6 Å². The molecule has 0 atom stereocenters. The second-order valence-electron chi connectivity index (χ2n) is 14.3. The Labute approximate surface area is 335 Å². The summed E-state index contributed by atoms with van der Waals surface area (Å²) in [5.41, 5.74) is 13.0. The lowest BCUT2D eigenvalue weighted by Crippen LogP contribution is -2.03. The Kier molecular flexibility index (Phi) is 8.04. The molecule has 6 nitrogen and oxygen atoms in total. The molecule has 0 aliphatic carbocycles. The number of fused-ring (bicyclic) bond motifs is 4. The van der Waals surface area contributed by atoms with E-state index in [1.54, 1.807) is 0 Å². The summed E-state index contributed by atoms with van der Waals surface area (Å²) in [6.07, 6.45) is 1.87. The maximum atomic E-state index is 5.33. The Morgan fingerprint density at radius 2 is 0.948 bits per heavy atom. The summed E-state index contributed by atoms with van der Waals surface area (Å²) in [5, 5.41) is 2.22. The Bertz CT molecular complexity index is 3240. The van der Waals surface area contributed by atoms with Crippen LogP contribution in [0.1, 0.15) is 0 Å². The third-order valence-electron chi connectivity index (χ3n) is 10.8. The highest BCUT2D eigenvalue weighted by molar-refractivity contribution is 6.06. The normalized spacial score (nSPS) is 11.4. The molecule has 11 rings (SSSR count). The molecule has 0 saturated heterocycles. The van der Waals surface area contributed by atoms with Gasteiger partial charge in [-0.05, 0) is 46.5 Å². The van der Waals surface area contributed by atoms with E-state index in [0.717, 1.165) is 95.1 Å². The van der Waals surface area contributed by atoms with Crippen LogP contribution < -0.4 is 0 Å². The smallest absolute Gasteiger partial charge is 0.165 e. The van der Waals surface area contributed by atoms with Gasteiger partial charge in [0.05, 0.1) is 5.69 Å². The number of hydrogen-bond donors (Lipinski definition) is 0. The van der Waals surface area contributed by atoms with Crippen molar-refractivity contribution in [2.75, 3.05) is 0 Å². The molecule has 272 valence electrons. The number of pyridine rings is 1. The van der Waals surface area contributed by atoms with Crippen LogP contribution in [0.3, 0.4) is 0 Å². The van der Waals surface area contributed by atoms with Crippen LogP contribution in [0, 0.1) is 0 Å². The number of hydrogen-bond acceptors (Lipinski definition) is 4. The fourth-order valence-corrected chi connectivity index (χ4v) is 8.10. The molecule has 0 bridgehead atoms. The molecule has 0 aliphatic heterocycles. The average Bonchev–Trinajstić information content (AvgIpc) is 3.87. The van der Waals surface area contributed by atoms with Gasteiger partial charge in [0, 0.05) is 44.9 Å². The van der Waals surface area contributed by atoms with Crippen molar-refractivity contribution in [3.05, 3.63) is 206 Å². The number of benzene rings is 7. The van der Waals surface area contributed by atoms with Crippen LogP contribution in [0.2, 0.25) is 0 Å². The van der Waals surface area contributed by atoms with Gasteiger partial charge in [0.2, 0.25) is 0 Å². The number of aromatic nitrogens is 6. The summed E-state index contributed by atoms with van der Waals surface area (Å²) >= 11 is 0. The largest absolute Gasteiger partial charge is 0.277 e. The van der Waals surface area contributed by atoms with E-state index >= 15 is 0 Å². The fraction of sp³-hybridized carbons (Fsp3) is 0. The third-order valence-corrected chi connectivity index (χ3v) is 10.8. The van der Waals surface area contributed by atoms with E-state index in [9.17, 15) is 0 Å². The molecule has 0 unspecified atom stereocenters. The Morgan fingerprint density at radius 3 is 1.67 bits per heavy atom. The summed E-state index contributed by atoms with van der Waals surface area (Å²) in [5.74, 6) is 2.35. The summed E-state index contributed by atoms with van der Waals surface area (Å²) in [6.45, 7) is 0. The Balaban J connectivity index is 1.06. The van der Waals surface area contributed by atoms with E-state index < -0.39 is 0 Å². The van der Waals surface area contributed by atoms with Gasteiger partial charge in [-0.3, -0.25) is 8.97 Å². The quantitative estimate of drug-likeness (QED) is 0.163. The summed E-state index contributed by atoms with van der Waals surface area (Å²) < 4.78 is 4.40. The van der Waals surface area contributed by atoms with E-state index in [0.29, 0.717) is 5.82 Å². The van der Waals surface area contributed by atoms with Crippen LogP contribution in [0.15, 0.2) is 206 Å². The first-order valence-corrected chi connectivity index (χ1v) is 19.4. The molecule has 4 aromatic heterocycles. The van der Waals surface area contributed by atoms with E-state index in [1.807, 2.05) is 42.6 Å². The minimum absolute atomic E-state index is 0.687. The molecule has 0 radical (unpaired) electrons. The molecule has 4 heterocycles. The van der Waals surface area contributed by atoms with Crippen LogP contribution in [-0.4, -0.2) is 28.9 Å². The van der Waals surface area contributed by atoms with Crippen LogP contribution in [-0.2, 0) is 0 Å². The molecule has 0 aliphatic rings. The fourth-order valence-electron chi connectivity index (χ4n) is 8.10. The van der Waals surface area contributed by atoms with E-state index in [4.69, 9.17) is 19.9 Å².